The predicted molar refractivity (Wildman–Crippen MR) is 74.1 cm³/mol. The first-order valence-electron chi connectivity index (χ1n) is 6.31. The first-order chi connectivity index (χ1) is 9.70. The van der Waals surface area contributed by atoms with E-state index in [9.17, 15) is 9.18 Å². The fourth-order valence-electron chi connectivity index (χ4n) is 1.76. The molecule has 0 saturated heterocycles. The number of halogens is 1. The topological polar surface area (TPSA) is 70.7 Å². The maximum absolute atomic E-state index is 13.0. The molecule has 3 rings (SSSR count). The molecule has 1 saturated carbocycles. The molecule has 2 N–H and O–H groups in total. The third-order valence-electron chi connectivity index (χ3n) is 2.89. The van der Waals surface area contributed by atoms with Gasteiger partial charge in [0.15, 0.2) is 0 Å². The molecule has 5 nitrogen and oxygen atoms in total. The Balaban J connectivity index is 1.51. The van der Waals surface area contributed by atoms with Crippen molar-refractivity contribution in [1.82, 2.24) is 15.2 Å². The van der Waals surface area contributed by atoms with Gasteiger partial charge in [0, 0.05) is 11.6 Å². The van der Waals surface area contributed by atoms with Crippen LogP contribution in [0.15, 0.2) is 29.4 Å². The normalized spacial score (nSPS) is 14.2. The van der Waals surface area contributed by atoms with E-state index < -0.39 is 0 Å². The zero-order chi connectivity index (χ0) is 13.9. The molecular weight excluding hydrogens is 279 g/mol. The molecule has 0 unspecified atom stereocenters. The van der Waals surface area contributed by atoms with E-state index in [1.807, 2.05) is 0 Å². The summed E-state index contributed by atoms with van der Waals surface area (Å²) in [5.74, 6) is 1.02. The number of hydrogen-bond acceptors (Lipinski definition) is 4. The van der Waals surface area contributed by atoms with Gasteiger partial charge < -0.3 is 5.32 Å². The number of nitrogens with one attached hydrogen (secondary N) is 2. The lowest BCUT2D eigenvalue weighted by Gasteiger charge is -2.03. The lowest BCUT2D eigenvalue weighted by molar-refractivity contribution is -0.113. The lowest BCUT2D eigenvalue weighted by atomic mass is 10.3. The molecule has 1 aromatic heterocycles. The van der Waals surface area contributed by atoms with Gasteiger partial charge >= 0.3 is 0 Å². The van der Waals surface area contributed by atoms with Crippen LogP contribution in [-0.2, 0) is 4.79 Å². The van der Waals surface area contributed by atoms with Crippen molar-refractivity contribution in [2.24, 2.45) is 0 Å². The van der Waals surface area contributed by atoms with Gasteiger partial charge in [-0.25, -0.2) is 9.37 Å². The zero-order valence-electron chi connectivity index (χ0n) is 10.6. The number of benzene rings is 1. The van der Waals surface area contributed by atoms with Gasteiger partial charge in [-0.3, -0.25) is 9.89 Å². The number of amides is 1. The summed E-state index contributed by atoms with van der Waals surface area (Å²) in [6, 6.07) is 5.80. The maximum atomic E-state index is 13.0. The zero-order valence-corrected chi connectivity index (χ0v) is 11.4. The number of carbonyl (C=O) groups excluding carboxylic acids is 1. The van der Waals surface area contributed by atoms with Crippen LogP contribution < -0.4 is 5.32 Å². The van der Waals surface area contributed by atoms with Crippen molar-refractivity contribution in [3.63, 3.8) is 0 Å². The van der Waals surface area contributed by atoms with Crippen LogP contribution in [0.3, 0.4) is 0 Å². The fourth-order valence-corrected chi connectivity index (χ4v) is 2.36. The standard InChI is InChI=1S/C13H13FN4OS/c14-9-2-1-3-10(6-9)15-11(19)7-20-13-16-12(17-18-13)8-4-5-8/h1-3,6,8H,4-5,7H2,(H,15,19)(H,16,17,18). The number of carbonyl (C=O) groups is 1. The number of thioether (sulfide) groups is 1. The Bertz CT molecular complexity index is 626. The SMILES string of the molecule is O=C(CSc1n[nH]c(C2CC2)n1)Nc1cccc(F)c1. The Labute approximate surface area is 119 Å². The van der Waals surface area contributed by atoms with E-state index in [0.29, 0.717) is 16.8 Å². The van der Waals surface area contributed by atoms with E-state index in [2.05, 4.69) is 20.5 Å². The highest BCUT2D eigenvalue weighted by atomic mass is 32.2. The summed E-state index contributed by atoms with van der Waals surface area (Å²) >= 11 is 1.26. The first kappa shape index (κ1) is 13.1. The number of H-pyrrole nitrogens is 1. The Hall–Kier alpha value is -1.89. The molecule has 0 spiro atoms. The summed E-state index contributed by atoms with van der Waals surface area (Å²) in [5, 5.41) is 10.1. The van der Waals surface area contributed by atoms with Crippen LogP contribution in [0.4, 0.5) is 10.1 Å². The second kappa shape index (κ2) is 5.62. The maximum Gasteiger partial charge on any atom is 0.234 e. The Kier molecular flexibility index (Phi) is 3.68. The summed E-state index contributed by atoms with van der Waals surface area (Å²) in [6.45, 7) is 0. The number of anilines is 1. The number of aromatic nitrogens is 3. The molecule has 1 amide bonds. The quantitative estimate of drug-likeness (QED) is 0.831. The molecule has 2 aromatic rings. The monoisotopic (exact) mass is 292 g/mol. The number of nitrogens with zero attached hydrogens (tertiary/aromatic N) is 2. The van der Waals surface area contributed by atoms with Crippen LogP contribution >= 0.6 is 11.8 Å². The van der Waals surface area contributed by atoms with Crippen LogP contribution in [0.1, 0.15) is 24.6 Å². The van der Waals surface area contributed by atoms with Crippen molar-refractivity contribution in [3.8, 4) is 0 Å². The van der Waals surface area contributed by atoms with Crippen molar-refractivity contribution in [1.29, 1.82) is 0 Å². The molecule has 1 aliphatic rings. The van der Waals surface area contributed by atoms with Crippen LogP contribution in [0.25, 0.3) is 0 Å². The Morgan fingerprint density at radius 1 is 1.50 bits per heavy atom. The smallest absolute Gasteiger partial charge is 0.234 e. The van der Waals surface area contributed by atoms with Crippen LogP contribution in [0, 0.1) is 5.82 Å². The van der Waals surface area contributed by atoms with Gasteiger partial charge in [0.2, 0.25) is 11.1 Å². The largest absolute Gasteiger partial charge is 0.325 e. The number of hydrogen-bond donors (Lipinski definition) is 2. The van der Waals surface area contributed by atoms with E-state index >= 15 is 0 Å². The van der Waals surface area contributed by atoms with Crippen molar-refractivity contribution in [3.05, 3.63) is 35.9 Å². The molecule has 104 valence electrons. The third-order valence-corrected chi connectivity index (χ3v) is 3.73. The Morgan fingerprint density at radius 3 is 3.10 bits per heavy atom. The predicted octanol–water partition coefficient (Wildman–Crippen LogP) is 2.55. The molecular formula is C13H13FN4OS. The summed E-state index contributed by atoms with van der Waals surface area (Å²) in [7, 11) is 0. The lowest BCUT2D eigenvalue weighted by Crippen LogP contribution is -2.14. The summed E-state index contributed by atoms with van der Waals surface area (Å²) in [6.07, 6.45) is 2.30. The second-order valence-electron chi connectivity index (χ2n) is 4.62. The molecule has 0 bridgehead atoms. The number of aromatic amines is 1. The molecule has 0 radical (unpaired) electrons. The van der Waals surface area contributed by atoms with Crippen LogP contribution in [0.2, 0.25) is 0 Å². The molecule has 0 atom stereocenters. The summed E-state index contributed by atoms with van der Waals surface area (Å²) in [4.78, 5) is 16.1. The molecule has 1 aromatic carbocycles. The minimum absolute atomic E-state index is 0.193. The fraction of sp³-hybridized carbons (Fsp3) is 0.308. The van der Waals surface area contributed by atoms with E-state index in [4.69, 9.17) is 0 Å². The van der Waals surface area contributed by atoms with Crippen molar-refractivity contribution in [2.75, 3.05) is 11.1 Å². The first-order valence-corrected chi connectivity index (χ1v) is 7.30. The van der Waals surface area contributed by atoms with Gasteiger partial charge in [0.05, 0.1) is 5.75 Å². The highest BCUT2D eigenvalue weighted by molar-refractivity contribution is 7.99. The van der Waals surface area contributed by atoms with Gasteiger partial charge in [-0.1, -0.05) is 17.8 Å². The molecule has 1 heterocycles. The summed E-state index contributed by atoms with van der Waals surface area (Å²) < 4.78 is 13.0. The van der Waals surface area contributed by atoms with Crippen molar-refractivity contribution in [2.45, 2.75) is 23.9 Å². The molecule has 7 heteroatoms. The van der Waals surface area contributed by atoms with Gasteiger partial charge in [-0.15, -0.1) is 5.10 Å². The van der Waals surface area contributed by atoms with E-state index in [1.165, 1.54) is 23.9 Å². The minimum atomic E-state index is -0.376. The van der Waals surface area contributed by atoms with Crippen LogP contribution in [-0.4, -0.2) is 26.8 Å². The van der Waals surface area contributed by atoms with E-state index in [1.54, 1.807) is 12.1 Å². The molecule has 1 fully saturated rings. The average Bonchev–Trinajstić information content (AvgIpc) is 3.16. The van der Waals surface area contributed by atoms with Gasteiger partial charge in [-0.05, 0) is 31.0 Å². The highest BCUT2D eigenvalue weighted by Crippen LogP contribution is 2.38. The van der Waals surface area contributed by atoms with E-state index in [0.717, 1.165) is 18.7 Å². The van der Waals surface area contributed by atoms with Crippen molar-refractivity contribution >= 4 is 23.4 Å². The highest BCUT2D eigenvalue weighted by Gasteiger charge is 2.27. The third kappa shape index (κ3) is 3.36. The molecule has 0 aliphatic heterocycles. The van der Waals surface area contributed by atoms with Gasteiger partial charge in [0.1, 0.15) is 11.6 Å². The average molecular weight is 292 g/mol. The van der Waals surface area contributed by atoms with Crippen LogP contribution in [0.5, 0.6) is 0 Å². The summed E-state index contributed by atoms with van der Waals surface area (Å²) in [5.41, 5.74) is 0.448. The van der Waals surface area contributed by atoms with Gasteiger partial charge in [-0.2, -0.15) is 0 Å². The number of rotatable bonds is 5. The van der Waals surface area contributed by atoms with E-state index in [-0.39, 0.29) is 17.5 Å². The van der Waals surface area contributed by atoms with Gasteiger partial charge in [0.25, 0.3) is 0 Å². The Morgan fingerprint density at radius 2 is 2.35 bits per heavy atom. The minimum Gasteiger partial charge on any atom is -0.325 e. The molecule has 20 heavy (non-hydrogen) atoms. The molecule has 1 aliphatic carbocycles. The second-order valence-corrected chi connectivity index (χ2v) is 5.57. The van der Waals surface area contributed by atoms with Crippen molar-refractivity contribution < 1.29 is 9.18 Å².